The maximum absolute atomic E-state index is 13.7. The van der Waals surface area contributed by atoms with Crippen molar-refractivity contribution in [2.24, 2.45) is 10.9 Å². The van der Waals surface area contributed by atoms with Gasteiger partial charge in [0.25, 0.3) is 0 Å². The molecule has 1 amide bonds. The lowest BCUT2D eigenvalue weighted by Crippen LogP contribution is -2.44. The molecule has 3 heterocycles. The largest absolute Gasteiger partial charge is 0.497 e. The van der Waals surface area contributed by atoms with Crippen molar-refractivity contribution in [2.75, 3.05) is 33.4 Å². The summed E-state index contributed by atoms with van der Waals surface area (Å²) in [6.45, 7) is 5.02. The molecule has 0 aliphatic carbocycles. The minimum absolute atomic E-state index is 0.0823. The van der Waals surface area contributed by atoms with Crippen molar-refractivity contribution in [1.82, 2.24) is 9.80 Å². The van der Waals surface area contributed by atoms with Crippen molar-refractivity contribution in [3.8, 4) is 5.75 Å². The van der Waals surface area contributed by atoms with Gasteiger partial charge in [-0.25, -0.2) is 9.79 Å². The summed E-state index contributed by atoms with van der Waals surface area (Å²) in [7, 11) is 1.61. The number of carbonyl (C=O) groups excluding carboxylic acids is 3. The van der Waals surface area contributed by atoms with Crippen LogP contribution < -0.4 is 4.74 Å². The number of rotatable bonds is 9. The second-order valence-corrected chi connectivity index (χ2v) is 11.0. The normalized spacial score (nSPS) is 20.0. The highest BCUT2D eigenvalue weighted by Crippen LogP contribution is 2.47. The molecule has 2 aromatic carbocycles. The predicted molar refractivity (Wildman–Crippen MR) is 161 cm³/mol. The lowest BCUT2D eigenvalue weighted by atomic mass is 9.91. The molecule has 5 rings (SSSR count). The van der Waals surface area contributed by atoms with Crippen LogP contribution in [0.25, 0.3) is 5.70 Å². The fraction of sp³-hybridized carbons (Fsp3) is 0.375. The lowest BCUT2D eigenvalue weighted by molar-refractivity contribution is -0.151. The van der Waals surface area contributed by atoms with Gasteiger partial charge in [-0.2, -0.15) is 0 Å². The van der Waals surface area contributed by atoms with Gasteiger partial charge in [0.2, 0.25) is 5.91 Å². The number of methoxy groups -OCH3 is 1. The first-order chi connectivity index (χ1) is 20.4. The summed E-state index contributed by atoms with van der Waals surface area (Å²) in [6, 6.07) is 16.6. The third-order valence-corrected chi connectivity index (χ3v) is 8.40. The molecule has 3 aliphatic rings. The number of esters is 2. The molecule has 0 saturated carbocycles. The van der Waals surface area contributed by atoms with Crippen molar-refractivity contribution in [2.45, 2.75) is 39.2 Å². The van der Waals surface area contributed by atoms with Gasteiger partial charge in [-0.1, -0.05) is 54.2 Å². The topological polar surface area (TPSA) is 97.7 Å². The maximum Gasteiger partial charge on any atom is 0.338 e. The summed E-state index contributed by atoms with van der Waals surface area (Å²) in [5, 5.41) is 2.60. The Bertz CT molecular complexity index is 1420. The number of piperidine rings is 1. The van der Waals surface area contributed by atoms with Crippen LogP contribution in [0.4, 0.5) is 0 Å². The number of ether oxygens (including phenoxy) is 3. The molecule has 220 valence electrons. The van der Waals surface area contributed by atoms with E-state index in [0.29, 0.717) is 48.3 Å². The first-order valence-electron chi connectivity index (χ1n) is 14.2. The Kier molecular flexibility index (Phi) is 9.31. The van der Waals surface area contributed by atoms with Crippen LogP contribution in [0.1, 0.15) is 50.3 Å². The molecule has 2 unspecified atom stereocenters. The van der Waals surface area contributed by atoms with Gasteiger partial charge >= 0.3 is 11.9 Å². The standard InChI is InChI=1S/C32H35N3O6S/c1-4-40-30(37)23-12-9-17-34(19-23)26(36)18-24-20-42-32-33-28(21-10-7-6-8-11-21)27(31(38)41-5-2)29(35(24)32)22-13-15-25(39-3)16-14-22/h6-8,10-11,13-16,20,23,29H,4-5,9,12,17-19H2,1-3H3. The minimum atomic E-state index is -0.583. The van der Waals surface area contributed by atoms with Crippen LogP contribution in [-0.4, -0.2) is 66.2 Å². The van der Waals surface area contributed by atoms with E-state index in [9.17, 15) is 14.4 Å². The highest BCUT2D eigenvalue weighted by atomic mass is 32.2. The molecule has 0 N–H and O–H groups in total. The summed E-state index contributed by atoms with van der Waals surface area (Å²) in [5.41, 5.74) is 3.31. The summed E-state index contributed by atoms with van der Waals surface area (Å²) in [4.78, 5) is 48.3. The monoisotopic (exact) mass is 589 g/mol. The fourth-order valence-electron chi connectivity index (χ4n) is 5.51. The number of thioether (sulfide) groups is 1. The smallest absolute Gasteiger partial charge is 0.338 e. The van der Waals surface area contributed by atoms with Gasteiger partial charge in [0.15, 0.2) is 5.17 Å². The van der Waals surface area contributed by atoms with Crippen molar-refractivity contribution >= 4 is 40.5 Å². The Labute approximate surface area is 250 Å². The van der Waals surface area contributed by atoms with Crippen molar-refractivity contribution in [3.63, 3.8) is 0 Å². The molecule has 42 heavy (non-hydrogen) atoms. The van der Waals surface area contributed by atoms with E-state index in [1.54, 1.807) is 25.9 Å². The Morgan fingerprint density at radius 1 is 1.00 bits per heavy atom. The first kappa shape index (κ1) is 29.4. The fourth-order valence-corrected chi connectivity index (χ4v) is 6.43. The summed E-state index contributed by atoms with van der Waals surface area (Å²) in [5.74, 6) is -0.429. The zero-order chi connectivity index (χ0) is 29.6. The number of hydrogen-bond donors (Lipinski definition) is 0. The van der Waals surface area contributed by atoms with Crippen LogP contribution in [0.5, 0.6) is 5.75 Å². The second kappa shape index (κ2) is 13.3. The molecule has 0 radical (unpaired) electrons. The molecule has 1 saturated heterocycles. The average Bonchev–Trinajstić information content (AvgIpc) is 3.43. The Morgan fingerprint density at radius 3 is 2.43 bits per heavy atom. The number of nitrogens with zero attached hydrogens (tertiary/aromatic N) is 3. The Balaban J connectivity index is 1.51. The highest BCUT2D eigenvalue weighted by molar-refractivity contribution is 8.16. The number of amidine groups is 1. The number of amides is 1. The van der Waals surface area contributed by atoms with Crippen LogP contribution >= 0.6 is 11.8 Å². The van der Waals surface area contributed by atoms with Crippen molar-refractivity contribution in [1.29, 1.82) is 0 Å². The van der Waals surface area contributed by atoms with Crippen molar-refractivity contribution in [3.05, 3.63) is 82.4 Å². The number of benzene rings is 2. The molecule has 0 aromatic heterocycles. The summed E-state index contributed by atoms with van der Waals surface area (Å²) >= 11 is 1.42. The molecule has 10 heteroatoms. The molecule has 1 fully saturated rings. The quantitative estimate of drug-likeness (QED) is 0.370. The third kappa shape index (κ3) is 6.09. The van der Waals surface area contributed by atoms with E-state index in [2.05, 4.69) is 0 Å². The lowest BCUT2D eigenvalue weighted by Gasteiger charge is -2.37. The van der Waals surface area contributed by atoms with Gasteiger partial charge in [-0.15, -0.1) is 0 Å². The van der Waals surface area contributed by atoms with E-state index < -0.39 is 12.0 Å². The molecule has 3 aliphatic heterocycles. The van der Waals surface area contributed by atoms with E-state index in [-0.39, 0.29) is 30.8 Å². The third-order valence-electron chi connectivity index (χ3n) is 7.51. The molecular weight excluding hydrogens is 554 g/mol. The molecule has 2 aromatic rings. The molecule has 9 nitrogen and oxygen atoms in total. The number of hydrogen-bond acceptors (Lipinski definition) is 9. The Morgan fingerprint density at radius 2 is 1.74 bits per heavy atom. The van der Waals surface area contributed by atoms with E-state index in [1.165, 1.54) is 11.8 Å². The van der Waals surface area contributed by atoms with E-state index in [1.807, 2.05) is 64.9 Å². The van der Waals surface area contributed by atoms with Crippen molar-refractivity contribution < 1.29 is 28.6 Å². The highest BCUT2D eigenvalue weighted by Gasteiger charge is 2.43. The molecular formula is C32H35N3O6S. The van der Waals surface area contributed by atoms with Crippen LogP contribution in [0, 0.1) is 5.92 Å². The summed E-state index contributed by atoms with van der Waals surface area (Å²) < 4.78 is 16.2. The van der Waals surface area contributed by atoms with Crippen LogP contribution in [0.15, 0.2) is 76.3 Å². The SMILES string of the molecule is CCOC(=O)C1=C(c2ccccc2)N=C2SC=C(CC(=O)N3CCCC(C(=O)OCC)C3)N2C1c1ccc(OC)cc1. The van der Waals surface area contributed by atoms with Gasteiger partial charge in [0.05, 0.1) is 50.0 Å². The number of likely N-dealkylation sites (tertiary alicyclic amines) is 1. The second-order valence-electron chi connectivity index (χ2n) is 10.1. The molecule has 0 bridgehead atoms. The van der Waals surface area contributed by atoms with Crippen LogP contribution in [0.2, 0.25) is 0 Å². The number of aliphatic imine (C=N–C) groups is 1. The van der Waals surface area contributed by atoms with E-state index in [0.717, 1.165) is 23.2 Å². The van der Waals surface area contributed by atoms with Gasteiger partial charge in [0.1, 0.15) is 5.75 Å². The number of fused-ring (bicyclic) bond motifs is 1. The van der Waals surface area contributed by atoms with Gasteiger partial charge < -0.3 is 24.0 Å². The number of carbonyl (C=O) groups is 3. The minimum Gasteiger partial charge on any atom is -0.497 e. The van der Waals surface area contributed by atoms with Crippen LogP contribution in [-0.2, 0) is 23.9 Å². The van der Waals surface area contributed by atoms with E-state index in [4.69, 9.17) is 19.2 Å². The zero-order valence-corrected chi connectivity index (χ0v) is 24.9. The Hall–Kier alpha value is -4.05. The van der Waals surface area contributed by atoms with E-state index >= 15 is 0 Å². The molecule has 2 atom stereocenters. The van der Waals surface area contributed by atoms with Crippen LogP contribution in [0.3, 0.4) is 0 Å². The van der Waals surface area contributed by atoms with Gasteiger partial charge in [0, 0.05) is 24.4 Å². The average molecular weight is 590 g/mol. The summed E-state index contributed by atoms with van der Waals surface area (Å²) in [6.07, 6.45) is 1.55. The zero-order valence-electron chi connectivity index (χ0n) is 24.1. The van der Waals surface area contributed by atoms with Gasteiger partial charge in [-0.3, -0.25) is 9.59 Å². The predicted octanol–water partition coefficient (Wildman–Crippen LogP) is 5.16. The van der Waals surface area contributed by atoms with Gasteiger partial charge in [-0.05, 0) is 49.8 Å². The maximum atomic E-state index is 13.7. The molecule has 0 spiro atoms. The first-order valence-corrected chi connectivity index (χ1v) is 15.1.